The predicted octanol–water partition coefficient (Wildman–Crippen LogP) is 4.75. The number of carbonyl (C=O) groups is 1. The minimum absolute atomic E-state index is 0.0147. The van der Waals surface area contributed by atoms with Crippen molar-refractivity contribution >= 4 is 22.7 Å². The third-order valence-corrected chi connectivity index (χ3v) is 9.41. The van der Waals surface area contributed by atoms with Crippen molar-refractivity contribution in [3.05, 3.63) is 40.3 Å². The molecular formula is C29H38N4O4. The average Bonchev–Trinajstić information content (AvgIpc) is 3.04. The number of aromatic nitrogens is 2. The SMILES string of the molecule is CCO/N=C(\C(=O)O)c1nc2ccccc2n(C2C[C@H]3CC[C@@H](C2)N3C2C[C@H]3CCCC[C@@H](C2)C3)c1=O. The number of oxime groups is 1. The lowest BCUT2D eigenvalue weighted by molar-refractivity contribution is -0.129. The number of carboxylic acid groups (broad SMARTS) is 1. The molecule has 0 spiro atoms. The number of fused-ring (bicyclic) bond motifs is 5. The van der Waals surface area contributed by atoms with Gasteiger partial charge >= 0.3 is 5.97 Å². The molecule has 37 heavy (non-hydrogen) atoms. The van der Waals surface area contributed by atoms with E-state index < -0.39 is 11.7 Å². The van der Waals surface area contributed by atoms with Crippen molar-refractivity contribution in [2.45, 2.75) is 102 Å². The Kier molecular flexibility index (Phi) is 6.78. The largest absolute Gasteiger partial charge is 0.476 e. The van der Waals surface area contributed by atoms with Crippen molar-refractivity contribution in [1.82, 2.24) is 14.5 Å². The zero-order valence-electron chi connectivity index (χ0n) is 21.7. The molecule has 2 aromatic rings. The smallest absolute Gasteiger partial charge is 0.360 e. The molecule has 0 radical (unpaired) electrons. The third-order valence-electron chi connectivity index (χ3n) is 9.41. The molecule has 2 saturated heterocycles. The highest BCUT2D eigenvalue weighted by atomic mass is 16.6. The summed E-state index contributed by atoms with van der Waals surface area (Å²) < 4.78 is 1.82. The number of para-hydroxylation sites is 2. The second-order valence-electron chi connectivity index (χ2n) is 11.6. The molecule has 2 aliphatic carbocycles. The molecule has 1 N–H and O–H groups in total. The Bertz CT molecular complexity index is 1230. The highest BCUT2D eigenvalue weighted by Crippen LogP contribution is 2.47. The first-order chi connectivity index (χ1) is 18.0. The molecule has 8 heteroatoms. The number of hydrogen-bond acceptors (Lipinski definition) is 6. The molecule has 4 aliphatic rings. The van der Waals surface area contributed by atoms with Gasteiger partial charge in [-0.3, -0.25) is 9.69 Å². The average molecular weight is 507 g/mol. The first-order valence-corrected chi connectivity index (χ1v) is 14.3. The van der Waals surface area contributed by atoms with Gasteiger partial charge in [-0.15, -0.1) is 0 Å². The van der Waals surface area contributed by atoms with Gasteiger partial charge in [0.15, 0.2) is 5.69 Å². The first-order valence-electron chi connectivity index (χ1n) is 14.3. The van der Waals surface area contributed by atoms with Gasteiger partial charge in [0.05, 0.1) is 11.0 Å². The number of piperidine rings is 1. The fraction of sp³-hybridized carbons (Fsp3) is 0.655. The van der Waals surface area contributed by atoms with Crippen molar-refractivity contribution in [2.75, 3.05) is 6.61 Å². The van der Waals surface area contributed by atoms with E-state index in [4.69, 9.17) is 4.84 Å². The van der Waals surface area contributed by atoms with E-state index in [9.17, 15) is 14.7 Å². The van der Waals surface area contributed by atoms with Crippen LogP contribution in [0.25, 0.3) is 11.0 Å². The Morgan fingerprint density at radius 1 is 0.973 bits per heavy atom. The number of nitrogens with zero attached hydrogens (tertiary/aromatic N) is 4. The lowest BCUT2D eigenvalue weighted by Gasteiger charge is -2.48. The van der Waals surface area contributed by atoms with Crippen LogP contribution in [0.3, 0.4) is 0 Å². The summed E-state index contributed by atoms with van der Waals surface area (Å²) in [6, 6.07) is 9.19. The van der Waals surface area contributed by atoms with Crippen LogP contribution >= 0.6 is 0 Å². The summed E-state index contributed by atoms with van der Waals surface area (Å²) in [5, 5.41) is 13.6. The van der Waals surface area contributed by atoms with Gasteiger partial charge in [-0.05, 0) is 75.8 Å². The predicted molar refractivity (Wildman–Crippen MR) is 142 cm³/mol. The summed E-state index contributed by atoms with van der Waals surface area (Å²) in [4.78, 5) is 38.2. The summed E-state index contributed by atoms with van der Waals surface area (Å²) in [5.74, 6) is 0.460. The van der Waals surface area contributed by atoms with Crippen molar-refractivity contribution in [2.24, 2.45) is 17.0 Å². The van der Waals surface area contributed by atoms with Crippen LogP contribution in [0.5, 0.6) is 0 Å². The molecule has 8 nitrogen and oxygen atoms in total. The Labute approximate surface area is 217 Å². The Morgan fingerprint density at radius 2 is 1.65 bits per heavy atom. The highest BCUT2D eigenvalue weighted by molar-refractivity contribution is 6.41. The number of benzene rings is 1. The monoisotopic (exact) mass is 506 g/mol. The van der Waals surface area contributed by atoms with Crippen LogP contribution in [0.2, 0.25) is 0 Å². The van der Waals surface area contributed by atoms with Gasteiger partial charge in [0.2, 0.25) is 5.71 Å². The van der Waals surface area contributed by atoms with Crippen molar-refractivity contribution in [1.29, 1.82) is 0 Å². The van der Waals surface area contributed by atoms with E-state index in [2.05, 4.69) is 15.0 Å². The summed E-state index contributed by atoms with van der Waals surface area (Å²) in [6.45, 7) is 1.93. The first kappa shape index (κ1) is 24.6. The second kappa shape index (κ2) is 10.2. The molecule has 2 aliphatic heterocycles. The molecule has 198 valence electrons. The van der Waals surface area contributed by atoms with Gasteiger partial charge in [-0.2, -0.15) is 0 Å². The fourth-order valence-electron chi connectivity index (χ4n) is 8.09. The summed E-state index contributed by atoms with van der Waals surface area (Å²) in [7, 11) is 0. The summed E-state index contributed by atoms with van der Waals surface area (Å²) in [5.41, 5.74) is 0.399. The van der Waals surface area contributed by atoms with Gasteiger partial charge in [0.1, 0.15) is 6.61 Å². The van der Waals surface area contributed by atoms with E-state index >= 15 is 0 Å². The van der Waals surface area contributed by atoms with Crippen LogP contribution in [0.15, 0.2) is 34.2 Å². The minimum Gasteiger partial charge on any atom is -0.476 e. The van der Waals surface area contributed by atoms with E-state index in [1.54, 1.807) is 6.92 Å². The third kappa shape index (κ3) is 4.58. The van der Waals surface area contributed by atoms with Gasteiger partial charge in [-0.25, -0.2) is 9.78 Å². The Hall–Kier alpha value is -2.74. The lowest BCUT2D eigenvalue weighted by atomic mass is 9.76. The van der Waals surface area contributed by atoms with Gasteiger partial charge < -0.3 is 14.5 Å². The van der Waals surface area contributed by atoms with Crippen LogP contribution in [-0.2, 0) is 9.63 Å². The number of carboxylic acids is 1. The maximum Gasteiger partial charge on any atom is 0.360 e. The maximum absolute atomic E-state index is 13.9. The molecule has 6 rings (SSSR count). The number of aliphatic carboxylic acids is 1. The van der Waals surface area contributed by atoms with E-state index in [1.165, 1.54) is 57.8 Å². The molecule has 4 fully saturated rings. The maximum atomic E-state index is 13.9. The molecular weight excluding hydrogens is 468 g/mol. The van der Waals surface area contributed by atoms with Crippen LogP contribution in [0, 0.1) is 11.8 Å². The van der Waals surface area contributed by atoms with Crippen LogP contribution < -0.4 is 5.56 Å². The lowest BCUT2D eigenvalue weighted by Crippen LogP contribution is -2.52. The van der Waals surface area contributed by atoms with Gasteiger partial charge in [0.25, 0.3) is 5.56 Å². The standard InChI is InChI=1S/C29H38N4O4/c1-2-37-31-27(29(35)36)26-28(34)33(25-10-6-5-9-24(25)30-26)23-16-20-11-12-21(17-23)32(20)22-14-18-7-3-4-8-19(13-18)15-22/h5-6,9-10,18-23H,2-4,7-8,11-17H2,1H3,(H,35,36)/b31-27-/t18-,19+,20-,21+,22?,23?. The zero-order valence-corrected chi connectivity index (χ0v) is 21.7. The molecule has 1 aromatic carbocycles. The van der Waals surface area contributed by atoms with E-state index in [0.717, 1.165) is 30.2 Å². The van der Waals surface area contributed by atoms with Crippen molar-refractivity contribution in [3.63, 3.8) is 0 Å². The van der Waals surface area contributed by atoms with E-state index in [-0.39, 0.29) is 23.9 Å². The molecule has 2 unspecified atom stereocenters. The molecule has 4 bridgehead atoms. The molecule has 0 amide bonds. The van der Waals surface area contributed by atoms with Crippen LogP contribution in [0.1, 0.15) is 89.3 Å². The highest BCUT2D eigenvalue weighted by Gasteiger charge is 2.47. The zero-order chi connectivity index (χ0) is 25.5. The second-order valence-corrected chi connectivity index (χ2v) is 11.6. The van der Waals surface area contributed by atoms with Crippen LogP contribution in [0.4, 0.5) is 0 Å². The number of hydrogen-bond donors (Lipinski definition) is 1. The Balaban J connectivity index is 1.34. The topological polar surface area (TPSA) is 97.0 Å². The molecule has 3 heterocycles. The van der Waals surface area contributed by atoms with Crippen molar-refractivity contribution < 1.29 is 14.7 Å². The molecule has 1 aromatic heterocycles. The fourth-order valence-corrected chi connectivity index (χ4v) is 8.09. The Morgan fingerprint density at radius 3 is 2.30 bits per heavy atom. The number of rotatable bonds is 6. The summed E-state index contributed by atoms with van der Waals surface area (Å²) in [6.07, 6.45) is 13.9. The quantitative estimate of drug-likeness (QED) is 0.449. The van der Waals surface area contributed by atoms with Crippen LogP contribution in [-0.4, -0.2) is 56.0 Å². The molecule has 6 atom stereocenters. The normalized spacial score (nSPS) is 32.3. The van der Waals surface area contributed by atoms with E-state index in [1.807, 2.05) is 28.8 Å². The van der Waals surface area contributed by atoms with Crippen molar-refractivity contribution in [3.8, 4) is 0 Å². The van der Waals surface area contributed by atoms with Gasteiger partial charge in [-0.1, -0.05) is 43.0 Å². The molecule has 2 saturated carbocycles. The van der Waals surface area contributed by atoms with E-state index in [0.29, 0.717) is 23.6 Å². The minimum atomic E-state index is -1.31. The van der Waals surface area contributed by atoms with Gasteiger partial charge in [0, 0.05) is 24.2 Å². The summed E-state index contributed by atoms with van der Waals surface area (Å²) >= 11 is 0.